The number of allylic oxidation sites excluding steroid dienone is 8. The van der Waals surface area contributed by atoms with Crippen molar-refractivity contribution in [2.75, 3.05) is 20.7 Å². The minimum Gasteiger partial charge on any atom is -0.327 e. The second-order valence-electron chi connectivity index (χ2n) is 16.1. The molecule has 1 aliphatic rings. The van der Waals surface area contributed by atoms with Gasteiger partial charge >= 0.3 is 0 Å². The smallest absolute Gasteiger partial charge is 0.280 e. The lowest BCUT2D eigenvalue weighted by Crippen LogP contribution is -2.44. The second-order valence-corrected chi connectivity index (χ2v) is 16.1. The van der Waals surface area contributed by atoms with Crippen molar-refractivity contribution in [2.45, 2.75) is 220 Å². The monoisotopic (exact) mass is 700 g/mol. The highest BCUT2D eigenvalue weighted by Crippen LogP contribution is 2.37. The van der Waals surface area contributed by atoms with Gasteiger partial charge in [0.2, 0.25) is 0 Å². The van der Waals surface area contributed by atoms with Gasteiger partial charge in [-0.25, -0.2) is 0 Å². The van der Waals surface area contributed by atoms with E-state index in [0.29, 0.717) is 12.6 Å². The Labute approximate surface area is 312 Å². The summed E-state index contributed by atoms with van der Waals surface area (Å²) in [7, 11) is 4.28. The van der Waals surface area contributed by atoms with Gasteiger partial charge in [0.05, 0.1) is 18.8 Å². The molecule has 0 amide bonds. The lowest BCUT2D eigenvalue weighted by Gasteiger charge is -2.38. The Balaban J connectivity index is 2.40. The van der Waals surface area contributed by atoms with Crippen LogP contribution in [0.25, 0.3) is 0 Å². The van der Waals surface area contributed by atoms with Crippen LogP contribution in [0.3, 0.4) is 0 Å². The zero-order chi connectivity index (χ0) is 36.8. The molecule has 0 aromatic carbocycles. The molecular weight excluding hydrogens is 615 g/mol. The lowest BCUT2D eigenvalue weighted by atomic mass is 9.86. The van der Waals surface area contributed by atoms with Gasteiger partial charge in [-0.15, -0.1) is 0 Å². The Morgan fingerprint density at radius 2 is 0.940 bits per heavy atom. The van der Waals surface area contributed by atoms with Crippen molar-refractivity contribution in [2.24, 2.45) is 5.41 Å². The zero-order valence-electron chi connectivity index (χ0n) is 34.7. The summed E-state index contributed by atoms with van der Waals surface area (Å²) in [6, 6.07) is 0.388. The van der Waals surface area contributed by atoms with Crippen molar-refractivity contribution in [1.82, 2.24) is 4.90 Å². The van der Waals surface area contributed by atoms with Crippen LogP contribution in [-0.2, 0) is 14.2 Å². The fraction of sp³-hybridized carbons (Fsp3) is 0.826. The van der Waals surface area contributed by atoms with E-state index in [2.05, 4.69) is 102 Å². The van der Waals surface area contributed by atoms with Crippen LogP contribution in [0.15, 0.2) is 48.6 Å². The molecule has 0 saturated carbocycles. The molecule has 1 heterocycles. The van der Waals surface area contributed by atoms with Gasteiger partial charge in [-0.2, -0.15) is 0 Å². The molecular formula is C46H85NO3. The summed E-state index contributed by atoms with van der Waals surface area (Å²) in [5, 5.41) is 0. The minimum atomic E-state index is -0.952. The molecule has 1 rings (SSSR count). The van der Waals surface area contributed by atoms with Crippen molar-refractivity contribution in [3.05, 3.63) is 48.6 Å². The van der Waals surface area contributed by atoms with Gasteiger partial charge in [-0.1, -0.05) is 153 Å². The fourth-order valence-corrected chi connectivity index (χ4v) is 6.74. The number of rotatable bonds is 33. The third kappa shape index (κ3) is 24.1. The maximum atomic E-state index is 6.61. The Hall–Kier alpha value is -1.20. The molecule has 4 heteroatoms. The van der Waals surface area contributed by atoms with Crippen LogP contribution in [0.1, 0.15) is 196 Å². The van der Waals surface area contributed by atoms with Crippen LogP contribution < -0.4 is 0 Å². The first-order valence-corrected chi connectivity index (χ1v) is 21.4. The van der Waals surface area contributed by atoms with Gasteiger partial charge in [-0.05, 0) is 98.1 Å². The summed E-state index contributed by atoms with van der Waals surface area (Å²) >= 11 is 0. The molecule has 0 radical (unpaired) electrons. The average molecular weight is 700 g/mol. The Bertz CT molecular complexity index is 834. The van der Waals surface area contributed by atoms with E-state index in [1.54, 1.807) is 0 Å². The normalized spacial score (nSPS) is 21.0. The summed E-state index contributed by atoms with van der Waals surface area (Å²) in [5.74, 6) is -0.952. The first-order valence-electron chi connectivity index (χ1n) is 21.4. The van der Waals surface area contributed by atoms with Crippen LogP contribution in [0.5, 0.6) is 0 Å². The van der Waals surface area contributed by atoms with Crippen molar-refractivity contribution in [3.63, 3.8) is 0 Å². The molecule has 0 aliphatic carbocycles. The summed E-state index contributed by atoms with van der Waals surface area (Å²) < 4.78 is 19.7. The maximum Gasteiger partial charge on any atom is 0.280 e. The number of ether oxygens (including phenoxy) is 3. The number of nitrogens with zero attached hydrogens (tertiary/aromatic N) is 1. The quantitative estimate of drug-likeness (QED) is 0.0504. The fourth-order valence-electron chi connectivity index (χ4n) is 6.74. The highest BCUT2D eigenvalue weighted by molar-refractivity contribution is 4.93. The third-order valence-electron chi connectivity index (χ3n) is 10.6. The average Bonchev–Trinajstić information content (AvgIpc) is 3.42. The molecule has 292 valence electrons. The molecule has 0 N–H and O–H groups in total. The van der Waals surface area contributed by atoms with Crippen LogP contribution in [-0.4, -0.2) is 49.8 Å². The third-order valence-corrected chi connectivity index (χ3v) is 10.6. The van der Waals surface area contributed by atoms with E-state index in [-0.39, 0.29) is 17.6 Å². The SMILES string of the molecule is CCCCC/C=C\C/C=C\CCCCCCCC1OC(C)(OCC(C)(C)C(C)N(C)C)OC1CCCCCCC/C=C\C/C=C\CCCCC. The van der Waals surface area contributed by atoms with E-state index >= 15 is 0 Å². The molecule has 3 unspecified atom stereocenters. The molecule has 0 aromatic heterocycles. The van der Waals surface area contributed by atoms with Crippen molar-refractivity contribution < 1.29 is 14.2 Å². The summed E-state index contributed by atoms with van der Waals surface area (Å²) in [6.45, 7) is 14.0. The number of hydrogen-bond acceptors (Lipinski definition) is 4. The largest absolute Gasteiger partial charge is 0.327 e. The van der Waals surface area contributed by atoms with E-state index in [9.17, 15) is 0 Å². The van der Waals surface area contributed by atoms with Crippen molar-refractivity contribution in [3.8, 4) is 0 Å². The first kappa shape index (κ1) is 46.8. The van der Waals surface area contributed by atoms with Gasteiger partial charge in [-0.3, -0.25) is 0 Å². The standard InChI is InChI=1S/C46H85NO3/c1-9-11-13-15-17-19-21-23-25-27-29-31-33-35-37-39-43-44(50-46(6,49-43)48-41-45(4,5)42(3)47(7)8)40-38-36-34-32-30-28-26-24-22-20-18-16-14-12-10-2/h17-20,23-26,42-44H,9-16,21-22,27-41H2,1-8H3/b19-17-,20-18-,25-23-,26-24-. The summed E-state index contributed by atoms with van der Waals surface area (Å²) in [6.07, 6.45) is 48.9. The highest BCUT2D eigenvalue weighted by atomic mass is 16.9. The van der Waals surface area contributed by atoms with E-state index in [4.69, 9.17) is 14.2 Å². The molecule has 0 bridgehead atoms. The summed E-state index contributed by atoms with van der Waals surface area (Å²) in [4.78, 5) is 2.27. The van der Waals surface area contributed by atoms with Crippen LogP contribution in [0.4, 0.5) is 0 Å². The maximum absolute atomic E-state index is 6.61. The Morgan fingerprint density at radius 1 is 0.580 bits per heavy atom. The van der Waals surface area contributed by atoms with Crippen LogP contribution in [0.2, 0.25) is 0 Å². The van der Waals surface area contributed by atoms with Gasteiger partial charge in [0.25, 0.3) is 5.97 Å². The highest BCUT2D eigenvalue weighted by Gasteiger charge is 2.46. The minimum absolute atomic E-state index is 0.00686. The van der Waals surface area contributed by atoms with E-state index in [0.717, 1.165) is 25.7 Å². The van der Waals surface area contributed by atoms with Gasteiger partial charge in [0, 0.05) is 18.4 Å². The molecule has 1 fully saturated rings. The number of hydrogen-bond donors (Lipinski definition) is 0. The molecule has 0 spiro atoms. The molecule has 0 aromatic rings. The number of unbranched alkanes of at least 4 members (excludes halogenated alkanes) is 16. The van der Waals surface area contributed by atoms with E-state index < -0.39 is 5.97 Å². The second kappa shape index (κ2) is 30.3. The van der Waals surface area contributed by atoms with Gasteiger partial charge in [0.1, 0.15) is 0 Å². The molecule has 3 atom stereocenters. The Morgan fingerprint density at radius 3 is 1.32 bits per heavy atom. The Kier molecular flexibility index (Phi) is 28.4. The molecule has 50 heavy (non-hydrogen) atoms. The van der Waals surface area contributed by atoms with E-state index in [1.807, 2.05) is 6.92 Å². The molecule has 4 nitrogen and oxygen atoms in total. The topological polar surface area (TPSA) is 30.9 Å². The van der Waals surface area contributed by atoms with Crippen LogP contribution in [0, 0.1) is 5.41 Å². The van der Waals surface area contributed by atoms with Gasteiger partial charge < -0.3 is 19.1 Å². The predicted molar refractivity (Wildman–Crippen MR) is 220 cm³/mol. The van der Waals surface area contributed by atoms with Gasteiger partial charge in [0.15, 0.2) is 0 Å². The van der Waals surface area contributed by atoms with Crippen LogP contribution >= 0.6 is 0 Å². The van der Waals surface area contributed by atoms with E-state index in [1.165, 1.54) is 128 Å². The first-order chi connectivity index (χ1) is 24.1. The van der Waals surface area contributed by atoms with Crippen molar-refractivity contribution in [1.29, 1.82) is 0 Å². The predicted octanol–water partition coefficient (Wildman–Crippen LogP) is 14.1. The lowest BCUT2D eigenvalue weighted by molar-refractivity contribution is -0.338. The molecule has 1 aliphatic heterocycles. The van der Waals surface area contributed by atoms with Crippen molar-refractivity contribution >= 4 is 0 Å². The molecule has 1 saturated heterocycles. The zero-order valence-corrected chi connectivity index (χ0v) is 34.7. The summed E-state index contributed by atoms with van der Waals surface area (Å²) in [5.41, 5.74) is -0.00686.